The molecule has 0 aliphatic rings. The average Bonchev–Trinajstić information content (AvgIpc) is 2.56. The van der Waals surface area contributed by atoms with Crippen molar-refractivity contribution in [1.29, 1.82) is 0 Å². The summed E-state index contributed by atoms with van der Waals surface area (Å²) in [6.45, 7) is 0.0672. The van der Waals surface area contributed by atoms with E-state index in [0.29, 0.717) is 16.6 Å². The van der Waals surface area contributed by atoms with Crippen LogP contribution >= 0.6 is 0 Å². The fourth-order valence-corrected chi connectivity index (χ4v) is 2.92. The molecule has 0 aliphatic carbocycles. The zero-order valence-electron chi connectivity index (χ0n) is 14.9. The van der Waals surface area contributed by atoms with Crippen LogP contribution in [0.5, 0.6) is 5.75 Å². The Labute approximate surface area is 201 Å². The number of rotatable bonds is 4. The third-order valence-electron chi connectivity index (χ3n) is 3.56. The minimum atomic E-state index is -4.64. The smallest absolute Gasteiger partial charge is 0.744 e. The third kappa shape index (κ3) is 5.75. The maximum Gasteiger partial charge on any atom is 1.00 e. The molecule has 3 aromatic rings. The van der Waals surface area contributed by atoms with Crippen LogP contribution < -0.4 is 64.8 Å². The summed E-state index contributed by atoms with van der Waals surface area (Å²) in [5.41, 5.74) is 6.83. The standard InChI is InChI=1S/C17H14N3O4S.2Na/c18-15-9-14(25(22,23)24)8-11-6-7-12(17(21)16(11)15)10-19-20-13-4-2-1-3-5-13;;/h1-6,8-9,21H,10,18H2,(H,22,23,24);;/q-1;2*+1/p-1. The molecule has 0 unspecified atom stereocenters. The van der Waals surface area contributed by atoms with E-state index < -0.39 is 15.0 Å². The second-order valence-electron chi connectivity index (χ2n) is 5.28. The molecule has 3 aromatic carbocycles. The Morgan fingerprint density at radius 1 is 1.15 bits per heavy atom. The van der Waals surface area contributed by atoms with E-state index in [4.69, 9.17) is 5.73 Å². The molecule has 0 saturated carbocycles. The van der Waals surface area contributed by atoms with Gasteiger partial charge in [-0.25, -0.2) is 8.42 Å². The molecule has 0 radical (unpaired) electrons. The number of aromatic hydroxyl groups is 1. The molecule has 27 heavy (non-hydrogen) atoms. The van der Waals surface area contributed by atoms with Gasteiger partial charge in [0, 0.05) is 16.3 Å². The molecular weight excluding hydrogens is 388 g/mol. The molecule has 0 atom stereocenters. The van der Waals surface area contributed by atoms with Crippen molar-refractivity contribution in [2.45, 2.75) is 11.4 Å². The van der Waals surface area contributed by atoms with E-state index >= 15 is 0 Å². The minimum absolute atomic E-state index is 0. The van der Waals surface area contributed by atoms with Crippen molar-refractivity contribution >= 4 is 32.3 Å². The van der Waals surface area contributed by atoms with Gasteiger partial charge in [-0.05, 0) is 18.2 Å². The van der Waals surface area contributed by atoms with Crippen LogP contribution in [0.3, 0.4) is 0 Å². The zero-order valence-corrected chi connectivity index (χ0v) is 19.7. The van der Waals surface area contributed by atoms with Crippen molar-refractivity contribution in [2.24, 2.45) is 10.2 Å². The molecule has 0 fully saturated rings. The van der Waals surface area contributed by atoms with Crippen LogP contribution in [0.15, 0.2) is 63.7 Å². The molecule has 0 saturated heterocycles. The number of nitrogens with two attached hydrogens (primary N) is 1. The summed E-state index contributed by atoms with van der Waals surface area (Å²) in [7, 11) is -4.64. The zero-order chi connectivity index (χ0) is 18.0. The van der Waals surface area contributed by atoms with Crippen LogP contribution in [-0.2, 0) is 16.7 Å². The number of phenolic OH excluding ortho intramolecular Hbond substituents is 1. The molecule has 0 aliphatic heterocycles. The fourth-order valence-electron chi connectivity index (χ4n) is 2.38. The van der Waals surface area contributed by atoms with Gasteiger partial charge >= 0.3 is 59.1 Å². The predicted octanol–water partition coefficient (Wildman–Crippen LogP) is -2.88. The second-order valence-corrected chi connectivity index (χ2v) is 6.66. The Hall–Kier alpha value is -0.970. The number of hydrogen-bond donors (Lipinski definition) is 2. The maximum absolute atomic E-state index is 11.1. The molecule has 0 bridgehead atoms. The van der Waals surface area contributed by atoms with E-state index in [1.165, 1.54) is 6.07 Å². The van der Waals surface area contributed by atoms with Gasteiger partial charge in [0.05, 0.1) is 12.2 Å². The summed E-state index contributed by atoms with van der Waals surface area (Å²) in [4.78, 5) is -0.457. The number of benzene rings is 3. The Kier molecular flexibility index (Phi) is 8.91. The van der Waals surface area contributed by atoms with Crippen LogP contribution in [0.1, 0.15) is 5.56 Å². The molecule has 0 spiro atoms. The SMILES string of the molecule is Nc1cc(S(=O)(=O)[O-])cc2c[c-]c(CN=Nc3ccccc3)c(O)c12.[Na+].[Na+]. The summed E-state index contributed by atoms with van der Waals surface area (Å²) in [6.07, 6.45) is 0. The van der Waals surface area contributed by atoms with Crippen molar-refractivity contribution in [1.82, 2.24) is 0 Å². The summed E-state index contributed by atoms with van der Waals surface area (Å²) in [6, 6.07) is 15.5. The molecule has 3 N–H and O–H groups in total. The molecule has 7 nitrogen and oxygen atoms in total. The van der Waals surface area contributed by atoms with Crippen LogP contribution in [0.4, 0.5) is 11.4 Å². The number of anilines is 1. The Balaban J connectivity index is 0.00000182. The van der Waals surface area contributed by atoms with Crippen molar-refractivity contribution < 1.29 is 77.2 Å². The van der Waals surface area contributed by atoms with Crippen molar-refractivity contribution in [3.63, 3.8) is 0 Å². The normalized spacial score (nSPS) is 11.1. The van der Waals surface area contributed by atoms with Crippen LogP contribution in [0.2, 0.25) is 0 Å². The molecule has 0 aromatic heterocycles. The first-order chi connectivity index (χ1) is 11.9. The molecule has 0 heterocycles. The topological polar surface area (TPSA) is 128 Å². The molecule has 3 rings (SSSR count). The van der Waals surface area contributed by atoms with Crippen LogP contribution in [-0.4, -0.2) is 18.1 Å². The molecule has 10 heteroatoms. The summed E-state index contributed by atoms with van der Waals surface area (Å²) >= 11 is 0. The molecular formula is C17H13N3Na2O4S. The van der Waals surface area contributed by atoms with Gasteiger partial charge in [-0.15, -0.1) is 5.39 Å². The summed E-state index contributed by atoms with van der Waals surface area (Å²) < 4.78 is 33.4. The molecule has 128 valence electrons. The minimum Gasteiger partial charge on any atom is -0.744 e. The van der Waals surface area contributed by atoms with Gasteiger partial charge in [-0.2, -0.15) is 22.4 Å². The predicted molar refractivity (Wildman–Crippen MR) is 91.5 cm³/mol. The quantitative estimate of drug-likeness (QED) is 0.160. The number of azo groups is 1. The van der Waals surface area contributed by atoms with Gasteiger partial charge in [0.15, 0.2) is 0 Å². The Morgan fingerprint density at radius 2 is 1.81 bits per heavy atom. The number of phenols is 1. The van der Waals surface area contributed by atoms with E-state index in [0.717, 1.165) is 12.1 Å². The van der Waals surface area contributed by atoms with Gasteiger partial charge in [-0.3, -0.25) is 0 Å². The number of nitrogen functional groups attached to an aromatic ring is 1. The van der Waals surface area contributed by atoms with Gasteiger partial charge in [-0.1, -0.05) is 35.2 Å². The van der Waals surface area contributed by atoms with Gasteiger partial charge in [0.2, 0.25) is 0 Å². The van der Waals surface area contributed by atoms with E-state index in [9.17, 15) is 18.1 Å². The van der Waals surface area contributed by atoms with E-state index in [2.05, 4.69) is 16.3 Å². The van der Waals surface area contributed by atoms with Crippen LogP contribution in [0.25, 0.3) is 10.8 Å². The third-order valence-corrected chi connectivity index (χ3v) is 4.37. The van der Waals surface area contributed by atoms with Crippen LogP contribution in [0, 0.1) is 6.07 Å². The summed E-state index contributed by atoms with van der Waals surface area (Å²) in [5.74, 6) is -0.170. The largest absolute Gasteiger partial charge is 1.00 e. The van der Waals surface area contributed by atoms with E-state index in [1.54, 1.807) is 12.1 Å². The van der Waals surface area contributed by atoms with Gasteiger partial charge in [0.25, 0.3) is 0 Å². The first kappa shape index (κ1) is 24.1. The van der Waals surface area contributed by atoms with Crippen molar-refractivity contribution in [3.8, 4) is 5.75 Å². The molecule has 0 amide bonds. The Bertz CT molecular complexity index is 1070. The number of hydrogen-bond acceptors (Lipinski definition) is 7. The first-order valence-electron chi connectivity index (χ1n) is 7.20. The fraction of sp³-hybridized carbons (Fsp3) is 0.0588. The summed E-state index contributed by atoms with van der Waals surface area (Å²) in [5, 5.41) is 19.0. The second kappa shape index (κ2) is 9.99. The monoisotopic (exact) mass is 401 g/mol. The van der Waals surface area contributed by atoms with Gasteiger partial charge < -0.3 is 15.4 Å². The average molecular weight is 401 g/mol. The number of nitrogens with zero attached hydrogens (tertiary/aromatic N) is 2. The number of fused-ring (bicyclic) bond motifs is 1. The van der Waals surface area contributed by atoms with Gasteiger partial charge in [0.1, 0.15) is 10.1 Å². The van der Waals surface area contributed by atoms with Crippen molar-refractivity contribution in [3.05, 3.63) is 60.2 Å². The first-order valence-corrected chi connectivity index (χ1v) is 8.61. The van der Waals surface area contributed by atoms with E-state index in [-0.39, 0.29) is 82.5 Å². The van der Waals surface area contributed by atoms with E-state index in [1.807, 2.05) is 18.2 Å². The Morgan fingerprint density at radius 3 is 2.44 bits per heavy atom. The van der Waals surface area contributed by atoms with Crippen molar-refractivity contribution in [2.75, 3.05) is 5.73 Å². The maximum atomic E-state index is 11.1.